The highest BCUT2D eigenvalue weighted by Gasteiger charge is 2.30. The Morgan fingerprint density at radius 2 is 2.21 bits per heavy atom. The number of hydrogen-bond donors (Lipinski definition) is 1. The van der Waals surface area contributed by atoms with Crippen molar-refractivity contribution in [3.8, 4) is 0 Å². The molecule has 5 nitrogen and oxygen atoms in total. The molecule has 1 amide bonds. The highest BCUT2D eigenvalue weighted by atomic mass is 19.4. The van der Waals surface area contributed by atoms with Gasteiger partial charge in [0.15, 0.2) is 0 Å². The molecule has 3 rings (SSSR count). The van der Waals surface area contributed by atoms with Gasteiger partial charge in [0.25, 0.3) is 5.91 Å². The molecular formula is C20H25F3N4O. The third kappa shape index (κ3) is 5.34. The van der Waals surface area contributed by atoms with E-state index in [1.807, 2.05) is 0 Å². The molecule has 28 heavy (non-hydrogen) atoms. The van der Waals surface area contributed by atoms with Gasteiger partial charge in [0.2, 0.25) is 0 Å². The Labute approximate surface area is 162 Å². The number of H-pyrrole nitrogens is 1. The number of carbonyl (C=O) groups excluding carboxylic acids is 1. The molecule has 2 heterocycles. The Hall–Kier alpha value is -2.35. The van der Waals surface area contributed by atoms with E-state index in [9.17, 15) is 18.0 Å². The predicted octanol–water partition coefficient (Wildman–Crippen LogP) is 3.46. The summed E-state index contributed by atoms with van der Waals surface area (Å²) in [4.78, 5) is 23.0. The number of nitrogens with zero attached hydrogens (tertiary/aromatic N) is 3. The maximum atomic E-state index is 12.9. The van der Waals surface area contributed by atoms with E-state index in [0.29, 0.717) is 30.1 Å². The lowest BCUT2D eigenvalue weighted by Gasteiger charge is -2.34. The summed E-state index contributed by atoms with van der Waals surface area (Å²) < 4.78 is 38.6. The minimum atomic E-state index is -4.31. The number of halogens is 3. The van der Waals surface area contributed by atoms with Crippen LogP contribution in [-0.2, 0) is 12.6 Å². The quantitative estimate of drug-likeness (QED) is 0.817. The minimum absolute atomic E-state index is 0.0846. The van der Waals surface area contributed by atoms with Crippen molar-refractivity contribution in [2.75, 3.05) is 33.2 Å². The van der Waals surface area contributed by atoms with Crippen molar-refractivity contribution in [1.29, 1.82) is 0 Å². The third-order valence-electron chi connectivity index (χ3n) is 5.18. The van der Waals surface area contributed by atoms with Crippen molar-refractivity contribution in [3.05, 3.63) is 53.6 Å². The van der Waals surface area contributed by atoms with Crippen molar-refractivity contribution >= 4 is 5.91 Å². The molecule has 2 aromatic rings. The fraction of sp³-hybridized carbons (Fsp3) is 0.500. The van der Waals surface area contributed by atoms with E-state index < -0.39 is 11.7 Å². The first-order chi connectivity index (χ1) is 13.3. The number of amides is 1. The summed E-state index contributed by atoms with van der Waals surface area (Å²) in [6, 6.07) is 5.55. The number of nitrogens with one attached hydrogen (secondary N) is 1. The molecule has 1 aliphatic heterocycles. The van der Waals surface area contributed by atoms with Crippen LogP contribution in [0.5, 0.6) is 0 Å². The van der Waals surface area contributed by atoms with Crippen LogP contribution in [0.1, 0.15) is 34.5 Å². The number of alkyl halides is 3. The van der Waals surface area contributed by atoms with E-state index in [2.05, 4.69) is 14.9 Å². The lowest BCUT2D eigenvalue weighted by Crippen LogP contribution is -2.42. The van der Waals surface area contributed by atoms with Gasteiger partial charge in [0, 0.05) is 26.7 Å². The summed E-state index contributed by atoms with van der Waals surface area (Å²) in [5.74, 6) is 0.269. The molecule has 0 saturated carbocycles. The monoisotopic (exact) mass is 394 g/mol. The Morgan fingerprint density at radius 3 is 2.93 bits per heavy atom. The largest absolute Gasteiger partial charge is 0.416 e. The molecule has 1 aliphatic rings. The highest BCUT2D eigenvalue weighted by Crippen LogP contribution is 2.29. The number of hydrogen-bond acceptors (Lipinski definition) is 3. The van der Waals surface area contributed by atoms with E-state index in [4.69, 9.17) is 0 Å². The van der Waals surface area contributed by atoms with Crippen molar-refractivity contribution in [2.24, 2.45) is 5.92 Å². The van der Waals surface area contributed by atoms with Gasteiger partial charge in [-0.1, -0.05) is 18.2 Å². The summed E-state index contributed by atoms with van der Waals surface area (Å²) in [5, 5.41) is 0. The number of rotatable bonds is 6. The molecule has 152 valence electrons. The number of piperidine rings is 1. The Bertz CT molecular complexity index is 776. The second-order valence-corrected chi connectivity index (χ2v) is 7.41. The maximum Gasteiger partial charge on any atom is 0.416 e. The Balaban J connectivity index is 1.50. The summed E-state index contributed by atoms with van der Waals surface area (Å²) in [6.45, 7) is 3.15. The molecule has 8 heteroatoms. The van der Waals surface area contributed by atoms with Crippen LogP contribution in [0.2, 0.25) is 0 Å². The van der Waals surface area contributed by atoms with Crippen LogP contribution in [0.15, 0.2) is 36.8 Å². The van der Waals surface area contributed by atoms with Gasteiger partial charge in [-0.05, 0) is 43.4 Å². The molecule has 0 unspecified atom stereocenters. The number of aromatic nitrogens is 2. The molecule has 1 N–H and O–H groups in total. The summed E-state index contributed by atoms with van der Waals surface area (Å²) in [6.07, 6.45) is 1.34. The van der Waals surface area contributed by atoms with Gasteiger partial charge >= 0.3 is 6.18 Å². The second kappa shape index (κ2) is 8.77. The van der Waals surface area contributed by atoms with E-state index in [1.165, 1.54) is 24.7 Å². The lowest BCUT2D eigenvalue weighted by atomic mass is 9.97. The fourth-order valence-corrected chi connectivity index (χ4v) is 3.74. The van der Waals surface area contributed by atoms with Crippen LogP contribution in [0.4, 0.5) is 13.2 Å². The number of imidazole rings is 1. The zero-order valence-electron chi connectivity index (χ0n) is 15.9. The summed E-state index contributed by atoms with van der Waals surface area (Å²) in [7, 11) is 1.78. The number of likely N-dealkylation sites (tertiary alicyclic amines) is 1. The maximum absolute atomic E-state index is 12.9. The van der Waals surface area contributed by atoms with Gasteiger partial charge in [0.05, 0.1) is 18.1 Å². The average molecular weight is 394 g/mol. The van der Waals surface area contributed by atoms with E-state index in [1.54, 1.807) is 18.0 Å². The van der Waals surface area contributed by atoms with Crippen molar-refractivity contribution in [3.63, 3.8) is 0 Å². The molecule has 1 atom stereocenters. The van der Waals surface area contributed by atoms with E-state index in [-0.39, 0.29) is 5.91 Å². The Morgan fingerprint density at radius 1 is 1.39 bits per heavy atom. The van der Waals surface area contributed by atoms with Gasteiger partial charge in [-0.15, -0.1) is 0 Å². The van der Waals surface area contributed by atoms with Gasteiger partial charge < -0.3 is 14.8 Å². The first kappa shape index (κ1) is 20.4. The molecule has 1 aromatic carbocycles. The molecular weight excluding hydrogens is 369 g/mol. The first-order valence-corrected chi connectivity index (χ1v) is 9.45. The zero-order chi connectivity index (χ0) is 20.1. The second-order valence-electron chi connectivity index (χ2n) is 7.41. The smallest absolute Gasteiger partial charge is 0.341 e. The normalized spacial score (nSPS) is 18.2. The van der Waals surface area contributed by atoms with Crippen LogP contribution < -0.4 is 0 Å². The molecule has 0 bridgehead atoms. The molecule has 1 fully saturated rings. The summed E-state index contributed by atoms with van der Waals surface area (Å²) >= 11 is 0. The molecule has 0 radical (unpaired) electrons. The van der Waals surface area contributed by atoms with Crippen LogP contribution in [0, 0.1) is 5.92 Å². The van der Waals surface area contributed by atoms with Crippen molar-refractivity contribution in [1.82, 2.24) is 19.8 Å². The topological polar surface area (TPSA) is 52.2 Å². The van der Waals surface area contributed by atoms with Gasteiger partial charge in [-0.3, -0.25) is 4.79 Å². The standard InChI is InChI=1S/C20H25F3N4O/c1-26(19(28)18-11-24-14-25-18)12-16-5-3-8-27(13-16)9-7-15-4-2-6-17(10-15)20(21,22)23/h2,4,6,10-11,14,16H,3,5,7-9,12-13H2,1H3,(H,24,25)/t16-/m1/s1. The van der Waals surface area contributed by atoms with E-state index >= 15 is 0 Å². The fourth-order valence-electron chi connectivity index (χ4n) is 3.74. The first-order valence-electron chi connectivity index (χ1n) is 9.45. The third-order valence-corrected chi connectivity index (χ3v) is 5.18. The number of carbonyl (C=O) groups is 1. The van der Waals surface area contributed by atoms with Gasteiger partial charge in [-0.2, -0.15) is 13.2 Å². The van der Waals surface area contributed by atoms with Gasteiger partial charge in [0.1, 0.15) is 5.69 Å². The number of benzene rings is 1. The van der Waals surface area contributed by atoms with Crippen LogP contribution in [-0.4, -0.2) is 58.9 Å². The summed E-state index contributed by atoms with van der Waals surface area (Å²) in [5.41, 5.74) is 0.573. The van der Waals surface area contributed by atoms with Crippen LogP contribution >= 0.6 is 0 Å². The van der Waals surface area contributed by atoms with Crippen LogP contribution in [0.25, 0.3) is 0 Å². The van der Waals surface area contributed by atoms with E-state index in [0.717, 1.165) is 38.5 Å². The Kier molecular flexibility index (Phi) is 6.39. The van der Waals surface area contributed by atoms with Crippen molar-refractivity contribution in [2.45, 2.75) is 25.4 Å². The minimum Gasteiger partial charge on any atom is -0.341 e. The van der Waals surface area contributed by atoms with Gasteiger partial charge in [-0.25, -0.2) is 4.98 Å². The lowest BCUT2D eigenvalue weighted by molar-refractivity contribution is -0.137. The highest BCUT2D eigenvalue weighted by molar-refractivity contribution is 5.91. The van der Waals surface area contributed by atoms with Crippen LogP contribution in [0.3, 0.4) is 0 Å². The molecule has 0 aliphatic carbocycles. The SMILES string of the molecule is CN(C[C@H]1CCCN(CCc2cccc(C(F)(F)F)c2)C1)C(=O)c1cnc[nH]1. The average Bonchev–Trinajstić information content (AvgIpc) is 3.20. The molecule has 1 aromatic heterocycles. The number of aromatic amines is 1. The van der Waals surface area contributed by atoms with Crippen molar-refractivity contribution < 1.29 is 18.0 Å². The zero-order valence-corrected chi connectivity index (χ0v) is 15.9. The molecule has 0 spiro atoms. The predicted molar refractivity (Wildman–Crippen MR) is 99.9 cm³/mol. The molecule has 1 saturated heterocycles.